The van der Waals surface area contributed by atoms with Crippen LogP contribution in [0.25, 0.3) is 0 Å². The summed E-state index contributed by atoms with van der Waals surface area (Å²) in [5.74, 6) is 0.947. The molecular weight excluding hydrogens is 228 g/mol. The van der Waals surface area contributed by atoms with E-state index in [1.54, 1.807) is 0 Å². The summed E-state index contributed by atoms with van der Waals surface area (Å²) in [6.07, 6.45) is 2.41. The van der Waals surface area contributed by atoms with Crippen LogP contribution in [-0.4, -0.2) is 60.6 Å². The largest absolute Gasteiger partial charge is 0.373 e. The van der Waals surface area contributed by atoms with Gasteiger partial charge >= 0.3 is 0 Å². The van der Waals surface area contributed by atoms with E-state index in [4.69, 9.17) is 4.74 Å². The summed E-state index contributed by atoms with van der Waals surface area (Å²) in [7, 11) is 0. The number of carbonyl (C=O) groups is 1. The van der Waals surface area contributed by atoms with Crippen LogP contribution in [0.15, 0.2) is 0 Å². The van der Waals surface area contributed by atoms with Crippen LogP contribution in [0.3, 0.4) is 0 Å². The Bertz CT molecular complexity index is 304. The maximum Gasteiger partial charge on any atom is 0.236 e. The molecule has 104 valence electrons. The Morgan fingerprint density at radius 3 is 2.83 bits per heavy atom. The number of morpholine rings is 1. The normalized spacial score (nSPS) is 29.3. The zero-order valence-corrected chi connectivity index (χ0v) is 11.9. The second-order valence-electron chi connectivity index (χ2n) is 6.41. The van der Waals surface area contributed by atoms with E-state index in [2.05, 4.69) is 25.7 Å². The van der Waals surface area contributed by atoms with Gasteiger partial charge in [-0.05, 0) is 32.6 Å². The molecule has 2 saturated heterocycles. The number of hydrogen-bond acceptors (Lipinski definition) is 3. The first-order chi connectivity index (χ1) is 8.46. The highest BCUT2D eigenvalue weighted by Gasteiger charge is 2.29. The molecule has 1 amide bonds. The van der Waals surface area contributed by atoms with Crippen LogP contribution in [-0.2, 0) is 9.53 Å². The first-order valence-electron chi connectivity index (χ1n) is 7.10. The van der Waals surface area contributed by atoms with Gasteiger partial charge in [-0.2, -0.15) is 0 Å². The molecule has 2 rings (SSSR count). The summed E-state index contributed by atoms with van der Waals surface area (Å²) < 4.78 is 5.67. The van der Waals surface area contributed by atoms with Crippen LogP contribution in [0, 0.1) is 5.92 Å². The van der Waals surface area contributed by atoms with Gasteiger partial charge in [0.15, 0.2) is 0 Å². The first kappa shape index (κ1) is 13.8. The molecule has 4 nitrogen and oxygen atoms in total. The summed E-state index contributed by atoms with van der Waals surface area (Å²) in [4.78, 5) is 16.5. The van der Waals surface area contributed by atoms with E-state index < -0.39 is 0 Å². The molecule has 4 heteroatoms. The van der Waals surface area contributed by atoms with Crippen LogP contribution in [0.2, 0.25) is 0 Å². The monoisotopic (exact) mass is 254 g/mol. The van der Waals surface area contributed by atoms with Crippen molar-refractivity contribution in [1.29, 1.82) is 0 Å². The third-order valence-electron chi connectivity index (χ3n) is 3.87. The third kappa shape index (κ3) is 3.69. The Kier molecular flexibility index (Phi) is 4.28. The summed E-state index contributed by atoms with van der Waals surface area (Å²) in [6.45, 7) is 11.3. The van der Waals surface area contributed by atoms with Gasteiger partial charge in [0.2, 0.25) is 5.91 Å². The Labute approximate surface area is 110 Å². The minimum absolute atomic E-state index is 0.117. The van der Waals surface area contributed by atoms with E-state index >= 15 is 0 Å². The lowest BCUT2D eigenvalue weighted by Crippen LogP contribution is -2.52. The number of hydrogen-bond donors (Lipinski definition) is 0. The van der Waals surface area contributed by atoms with Crippen molar-refractivity contribution in [2.45, 2.75) is 39.2 Å². The molecule has 0 aliphatic carbocycles. The summed E-state index contributed by atoms with van der Waals surface area (Å²) in [6, 6.07) is 0. The summed E-state index contributed by atoms with van der Waals surface area (Å²) in [5.41, 5.74) is -0.117. The lowest BCUT2D eigenvalue weighted by atomic mass is 10.0. The van der Waals surface area contributed by atoms with Crippen molar-refractivity contribution >= 4 is 5.91 Å². The van der Waals surface area contributed by atoms with Gasteiger partial charge in [-0.1, -0.05) is 6.92 Å². The molecular formula is C14H26N2O2. The second kappa shape index (κ2) is 5.57. The van der Waals surface area contributed by atoms with Crippen LogP contribution in [0.4, 0.5) is 0 Å². The zero-order valence-electron chi connectivity index (χ0n) is 11.9. The maximum atomic E-state index is 12.3. The van der Waals surface area contributed by atoms with Crippen molar-refractivity contribution in [1.82, 2.24) is 9.80 Å². The molecule has 2 aliphatic rings. The summed E-state index contributed by atoms with van der Waals surface area (Å²) in [5, 5.41) is 0. The van der Waals surface area contributed by atoms with Crippen LogP contribution < -0.4 is 0 Å². The lowest BCUT2D eigenvalue weighted by molar-refractivity contribution is -0.138. The molecule has 1 atom stereocenters. The van der Waals surface area contributed by atoms with Crippen molar-refractivity contribution < 1.29 is 9.53 Å². The first-order valence-corrected chi connectivity index (χ1v) is 7.10. The molecule has 2 fully saturated rings. The average Bonchev–Trinajstić information content (AvgIpc) is 2.27. The topological polar surface area (TPSA) is 32.8 Å². The zero-order chi connectivity index (χ0) is 13.2. The number of rotatable bonds is 2. The number of ether oxygens (including phenoxy) is 1. The fraction of sp³-hybridized carbons (Fsp3) is 0.929. The van der Waals surface area contributed by atoms with Gasteiger partial charge in [0.1, 0.15) is 0 Å². The molecule has 0 aromatic rings. The minimum Gasteiger partial charge on any atom is -0.373 e. The van der Waals surface area contributed by atoms with Gasteiger partial charge in [0, 0.05) is 26.2 Å². The molecule has 0 aromatic heterocycles. The number of amides is 1. The molecule has 0 radical (unpaired) electrons. The SMILES string of the molecule is CC1CCCN(C(=O)CN2CCOC(C)(C)C2)C1. The number of piperidine rings is 1. The average molecular weight is 254 g/mol. The third-order valence-corrected chi connectivity index (χ3v) is 3.87. The predicted molar refractivity (Wildman–Crippen MR) is 71.4 cm³/mol. The Morgan fingerprint density at radius 1 is 1.39 bits per heavy atom. The lowest BCUT2D eigenvalue weighted by Gasteiger charge is -2.39. The molecule has 2 aliphatic heterocycles. The van der Waals surface area contributed by atoms with Gasteiger partial charge < -0.3 is 9.64 Å². The van der Waals surface area contributed by atoms with Gasteiger partial charge in [0.25, 0.3) is 0 Å². The van der Waals surface area contributed by atoms with E-state index in [0.717, 1.165) is 39.2 Å². The van der Waals surface area contributed by atoms with Crippen molar-refractivity contribution in [2.24, 2.45) is 5.92 Å². The summed E-state index contributed by atoms with van der Waals surface area (Å²) >= 11 is 0. The smallest absolute Gasteiger partial charge is 0.236 e. The fourth-order valence-corrected chi connectivity index (χ4v) is 2.96. The van der Waals surface area contributed by atoms with Gasteiger partial charge in [-0.25, -0.2) is 0 Å². The van der Waals surface area contributed by atoms with Crippen molar-refractivity contribution in [3.63, 3.8) is 0 Å². The van der Waals surface area contributed by atoms with Gasteiger partial charge in [-0.3, -0.25) is 9.69 Å². The molecule has 18 heavy (non-hydrogen) atoms. The van der Waals surface area contributed by atoms with Crippen LogP contribution in [0.1, 0.15) is 33.6 Å². The molecule has 0 spiro atoms. The fourth-order valence-electron chi connectivity index (χ4n) is 2.96. The Hall–Kier alpha value is -0.610. The van der Waals surface area contributed by atoms with E-state index in [0.29, 0.717) is 18.4 Å². The second-order valence-corrected chi connectivity index (χ2v) is 6.41. The molecule has 0 N–H and O–H groups in total. The highest BCUT2D eigenvalue weighted by molar-refractivity contribution is 5.78. The standard InChI is InChI=1S/C14H26N2O2/c1-12-5-4-6-16(9-12)13(17)10-15-7-8-18-14(2,3)11-15/h12H,4-11H2,1-3H3. The maximum absolute atomic E-state index is 12.3. The van der Waals surface area contributed by atoms with Crippen LogP contribution in [0.5, 0.6) is 0 Å². The Morgan fingerprint density at radius 2 is 2.17 bits per heavy atom. The van der Waals surface area contributed by atoms with Crippen molar-refractivity contribution in [3.8, 4) is 0 Å². The van der Waals surface area contributed by atoms with Crippen molar-refractivity contribution in [3.05, 3.63) is 0 Å². The molecule has 0 aromatic carbocycles. The van der Waals surface area contributed by atoms with Gasteiger partial charge in [-0.15, -0.1) is 0 Å². The number of carbonyl (C=O) groups excluding carboxylic acids is 1. The number of likely N-dealkylation sites (tertiary alicyclic amines) is 1. The molecule has 0 saturated carbocycles. The minimum atomic E-state index is -0.117. The van der Waals surface area contributed by atoms with E-state index in [1.165, 1.54) is 6.42 Å². The Balaban J connectivity index is 1.83. The number of nitrogens with zero attached hydrogens (tertiary/aromatic N) is 2. The van der Waals surface area contributed by atoms with Crippen molar-refractivity contribution in [2.75, 3.05) is 39.3 Å². The molecule has 0 bridgehead atoms. The molecule has 1 unspecified atom stereocenters. The highest BCUT2D eigenvalue weighted by atomic mass is 16.5. The molecule has 2 heterocycles. The van der Waals surface area contributed by atoms with E-state index in [-0.39, 0.29) is 5.60 Å². The quantitative estimate of drug-likeness (QED) is 0.746. The van der Waals surface area contributed by atoms with E-state index in [9.17, 15) is 4.79 Å². The van der Waals surface area contributed by atoms with Gasteiger partial charge in [0.05, 0.1) is 18.8 Å². The van der Waals surface area contributed by atoms with Crippen LogP contribution >= 0.6 is 0 Å². The highest BCUT2D eigenvalue weighted by Crippen LogP contribution is 2.18. The van der Waals surface area contributed by atoms with E-state index in [1.807, 2.05) is 4.90 Å². The predicted octanol–water partition coefficient (Wildman–Crippen LogP) is 1.36.